The maximum absolute atomic E-state index is 12.1. The maximum Gasteiger partial charge on any atom is 0.311 e. The molecule has 154 valence electrons. The van der Waals surface area contributed by atoms with Gasteiger partial charge in [0.1, 0.15) is 17.3 Å². The van der Waals surface area contributed by atoms with E-state index in [4.69, 9.17) is 23.3 Å². The van der Waals surface area contributed by atoms with Gasteiger partial charge in [0, 0.05) is 35.9 Å². The summed E-state index contributed by atoms with van der Waals surface area (Å²) in [5.41, 5.74) is 2.34. The van der Waals surface area contributed by atoms with Crippen molar-refractivity contribution >= 4 is 16.9 Å². The zero-order valence-corrected chi connectivity index (χ0v) is 16.6. The Balaban J connectivity index is 1.42. The molecule has 0 aliphatic heterocycles. The lowest BCUT2D eigenvalue weighted by Gasteiger charge is -2.06. The fraction of sp³-hybridized carbons (Fsp3) is 0.227. The average Bonchev–Trinajstić information content (AvgIpc) is 3.39. The fourth-order valence-electron chi connectivity index (χ4n) is 3.11. The van der Waals surface area contributed by atoms with Crippen LogP contribution in [0.4, 0.5) is 0 Å². The highest BCUT2D eigenvalue weighted by atomic mass is 16.5. The van der Waals surface area contributed by atoms with E-state index in [9.17, 15) is 4.79 Å². The van der Waals surface area contributed by atoms with E-state index in [1.165, 1.54) is 7.11 Å². The van der Waals surface area contributed by atoms with Gasteiger partial charge in [0.15, 0.2) is 5.58 Å². The van der Waals surface area contributed by atoms with Gasteiger partial charge in [-0.15, -0.1) is 0 Å². The molecule has 0 amide bonds. The highest BCUT2D eigenvalue weighted by molar-refractivity contribution is 5.82. The molecule has 2 aromatic carbocycles. The van der Waals surface area contributed by atoms with Gasteiger partial charge in [-0.25, -0.2) is 0 Å². The number of esters is 1. The van der Waals surface area contributed by atoms with Crippen molar-refractivity contribution in [3.63, 3.8) is 0 Å². The molecule has 0 aliphatic carbocycles. The molecule has 0 unspecified atom stereocenters. The molecule has 2 aromatic heterocycles. The topological polar surface area (TPSA) is 96.8 Å². The molecule has 8 heteroatoms. The Morgan fingerprint density at radius 3 is 2.67 bits per heavy atom. The summed E-state index contributed by atoms with van der Waals surface area (Å²) >= 11 is 0. The van der Waals surface area contributed by atoms with Gasteiger partial charge in [0.2, 0.25) is 0 Å². The van der Waals surface area contributed by atoms with Gasteiger partial charge < -0.3 is 23.3 Å². The van der Waals surface area contributed by atoms with Crippen LogP contribution in [0.5, 0.6) is 17.4 Å². The summed E-state index contributed by atoms with van der Waals surface area (Å²) in [5.74, 6) is 1.72. The highest BCUT2D eigenvalue weighted by Gasteiger charge is 2.14. The Morgan fingerprint density at radius 2 is 1.87 bits per heavy atom. The Bertz CT molecular complexity index is 1160. The first-order chi connectivity index (χ1) is 14.7. The van der Waals surface area contributed by atoms with Gasteiger partial charge in [-0.05, 0) is 23.4 Å². The SMILES string of the molecule is COc1cc(CCC(=O)Oc2ccc3c(Cc4ccccc4OC)noc3c2)on1. The van der Waals surface area contributed by atoms with Crippen LogP contribution in [0, 0.1) is 0 Å². The van der Waals surface area contributed by atoms with Crippen LogP contribution in [0.3, 0.4) is 0 Å². The average molecular weight is 408 g/mol. The van der Waals surface area contributed by atoms with E-state index in [1.807, 2.05) is 30.3 Å². The van der Waals surface area contributed by atoms with Gasteiger partial charge >= 0.3 is 5.97 Å². The highest BCUT2D eigenvalue weighted by Crippen LogP contribution is 2.28. The summed E-state index contributed by atoms with van der Waals surface area (Å²) < 4.78 is 26.3. The minimum atomic E-state index is -0.390. The monoisotopic (exact) mass is 408 g/mol. The van der Waals surface area contributed by atoms with Crippen molar-refractivity contribution in [2.24, 2.45) is 0 Å². The molecule has 0 fully saturated rings. The molecule has 0 saturated heterocycles. The number of carbonyl (C=O) groups excluding carboxylic acids is 1. The van der Waals surface area contributed by atoms with E-state index < -0.39 is 5.97 Å². The van der Waals surface area contributed by atoms with Crippen molar-refractivity contribution < 1.29 is 28.1 Å². The second-order valence-electron chi connectivity index (χ2n) is 6.59. The van der Waals surface area contributed by atoms with Crippen LogP contribution in [0.15, 0.2) is 57.6 Å². The number of para-hydroxylation sites is 1. The summed E-state index contributed by atoms with van der Waals surface area (Å²) in [6.45, 7) is 0. The lowest BCUT2D eigenvalue weighted by Crippen LogP contribution is -2.08. The zero-order chi connectivity index (χ0) is 20.9. The first-order valence-electron chi connectivity index (χ1n) is 9.36. The molecule has 0 N–H and O–H groups in total. The van der Waals surface area contributed by atoms with Gasteiger partial charge in [0.25, 0.3) is 5.88 Å². The molecular formula is C22H20N2O6. The van der Waals surface area contributed by atoms with E-state index >= 15 is 0 Å². The number of hydrogen-bond donors (Lipinski definition) is 0. The van der Waals surface area contributed by atoms with Crippen molar-refractivity contribution in [1.82, 2.24) is 10.3 Å². The molecule has 0 radical (unpaired) electrons. The van der Waals surface area contributed by atoms with Crippen molar-refractivity contribution in [1.29, 1.82) is 0 Å². The quantitative estimate of drug-likeness (QED) is 0.319. The second kappa shape index (κ2) is 8.69. The van der Waals surface area contributed by atoms with Crippen molar-refractivity contribution in [3.05, 3.63) is 65.5 Å². The van der Waals surface area contributed by atoms with Crippen LogP contribution in [0.1, 0.15) is 23.4 Å². The predicted octanol–water partition coefficient (Wildman–Crippen LogP) is 3.96. The standard InChI is InChI=1S/C22H20N2O6/c1-26-19-6-4-3-5-14(19)11-18-17-9-7-15(12-20(17)30-23-18)28-22(25)10-8-16-13-21(27-2)24-29-16/h3-7,9,12-13H,8,10-11H2,1-2H3. The molecule has 8 nitrogen and oxygen atoms in total. The number of nitrogens with zero attached hydrogens (tertiary/aromatic N) is 2. The lowest BCUT2D eigenvalue weighted by molar-refractivity contribution is -0.134. The number of hydrogen-bond acceptors (Lipinski definition) is 8. The molecule has 0 aliphatic rings. The minimum Gasteiger partial charge on any atom is -0.496 e. The van der Waals surface area contributed by atoms with E-state index in [2.05, 4.69) is 10.3 Å². The molecule has 4 aromatic rings. The summed E-state index contributed by atoms with van der Waals surface area (Å²) in [4.78, 5) is 12.1. The van der Waals surface area contributed by atoms with E-state index in [0.29, 0.717) is 35.8 Å². The van der Waals surface area contributed by atoms with Crippen molar-refractivity contribution in [2.75, 3.05) is 14.2 Å². The van der Waals surface area contributed by atoms with Crippen LogP contribution >= 0.6 is 0 Å². The number of rotatable bonds is 8. The summed E-state index contributed by atoms with van der Waals surface area (Å²) in [6.07, 6.45) is 1.07. The van der Waals surface area contributed by atoms with Gasteiger partial charge in [-0.2, -0.15) is 0 Å². The molecule has 0 saturated carbocycles. The molecule has 2 heterocycles. The van der Waals surface area contributed by atoms with Crippen molar-refractivity contribution in [2.45, 2.75) is 19.3 Å². The smallest absolute Gasteiger partial charge is 0.311 e. The number of benzene rings is 2. The van der Waals surface area contributed by atoms with Crippen LogP contribution in [0.25, 0.3) is 11.0 Å². The summed E-state index contributed by atoms with van der Waals surface area (Å²) in [7, 11) is 3.14. The van der Waals surface area contributed by atoms with Crippen LogP contribution in [-0.2, 0) is 17.6 Å². The van der Waals surface area contributed by atoms with Crippen molar-refractivity contribution in [3.8, 4) is 17.4 Å². The Labute approximate surface area is 172 Å². The molecule has 4 rings (SSSR count). The Hall–Kier alpha value is -3.81. The number of ether oxygens (including phenoxy) is 3. The van der Waals surface area contributed by atoms with Gasteiger partial charge in [0.05, 0.1) is 26.3 Å². The molecule has 0 bridgehead atoms. The van der Waals surface area contributed by atoms with Gasteiger partial charge in [-0.3, -0.25) is 4.79 Å². The second-order valence-corrected chi connectivity index (χ2v) is 6.59. The third kappa shape index (κ3) is 4.27. The first-order valence-corrected chi connectivity index (χ1v) is 9.36. The normalized spacial score (nSPS) is 10.9. The van der Waals surface area contributed by atoms with E-state index in [0.717, 1.165) is 22.4 Å². The molecule has 0 atom stereocenters. The summed E-state index contributed by atoms with van der Waals surface area (Å²) in [5, 5.41) is 8.72. The fourth-order valence-corrected chi connectivity index (χ4v) is 3.11. The molecule has 30 heavy (non-hydrogen) atoms. The van der Waals surface area contributed by atoms with Gasteiger partial charge in [-0.1, -0.05) is 23.4 Å². The van der Waals surface area contributed by atoms with Crippen LogP contribution in [-0.4, -0.2) is 30.5 Å². The van der Waals surface area contributed by atoms with Crippen LogP contribution in [0.2, 0.25) is 0 Å². The lowest BCUT2D eigenvalue weighted by atomic mass is 10.1. The maximum atomic E-state index is 12.1. The molecular weight excluding hydrogens is 388 g/mol. The first kappa shape index (κ1) is 19.5. The zero-order valence-electron chi connectivity index (χ0n) is 16.6. The molecule has 0 spiro atoms. The number of fused-ring (bicyclic) bond motifs is 1. The summed E-state index contributed by atoms with van der Waals surface area (Å²) in [6, 6.07) is 14.6. The van der Waals surface area contributed by atoms with E-state index in [-0.39, 0.29) is 6.42 Å². The third-order valence-electron chi connectivity index (χ3n) is 4.62. The van der Waals surface area contributed by atoms with E-state index in [1.54, 1.807) is 25.3 Å². The Morgan fingerprint density at radius 1 is 1.00 bits per heavy atom. The number of aromatic nitrogens is 2. The largest absolute Gasteiger partial charge is 0.496 e. The number of methoxy groups -OCH3 is 2. The number of aryl methyl sites for hydroxylation is 1. The minimum absolute atomic E-state index is 0.145. The Kier molecular flexibility index (Phi) is 5.65. The van der Waals surface area contributed by atoms with Crippen LogP contribution < -0.4 is 14.2 Å². The predicted molar refractivity (Wildman–Crippen MR) is 107 cm³/mol. The third-order valence-corrected chi connectivity index (χ3v) is 4.62. The number of carbonyl (C=O) groups is 1.